The van der Waals surface area contributed by atoms with Crippen molar-refractivity contribution in [3.63, 3.8) is 0 Å². The van der Waals surface area contributed by atoms with Crippen molar-refractivity contribution in [1.29, 1.82) is 0 Å². The third-order valence-corrected chi connectivity index (χ3v) is 2.41. The van der Waals surface area contributed by atoms with Gasteiger partial charge in [-0.15, -0.1) is 0 Å². The third kappa shape index (κ3) is 2.05. The predicted octanol–water partition coefficient (Wildman–Crippen LogP) is 0.421. The molecule has 0 aromatic rings. The normalized spacial score (nSPS) is 23.9. The minimum absolute atomic E-state index is 0.0758. The molecule has 0 bridgehead atoms. The largest absolute Gasteiger partial charge is 0.391 e. The first-order valence-corrected chi connectivity index (χ1v) is 4.55. The standard InChI is InChI=1S/C9H17NO2/c1-7(11)9(8(2)12)10-5-3-4-6-10/h7,9,11H,3-6H2,1-2H3. The summed E-state index contributed by atoms with van der Waals surface area (Å²) in [5.41, 5.74) is 0. The average Bonchev–Trinajstić information content (AvgIpc) is 2.37. The molecule has 0 aliphatic carbocycles. The van der Waals surface area contributed by atoms with E-state index in [0.717, 1.165) is 25.9 Å². The van der Waals surface area contributed by atoms with E-state index in [9.17, 15) is 9.90 Å². The van der Waals surface area contributed by atoms with E-state index in [-0.39, 0.29) is 11.8 Å². The molecule has 2 atom stereocenters. The summed E-state index contributed by atoms with van der Waals surface area (Å²) in [5, 5.41) is 9.38. The van der Waals surface area contributed by atoms with Gasteiger partial charge in [-0.1, -0.05) is 0 Å². The molecule has 1 rings (SSSR count). The molecule has 1 aliphatic heterocycles. The highest BCUT2D eigenvalue weighted by atomic mass is 16.3. The molecule has 2 unspecified atom stereocenters. The van der Waals surface area contributed by atoms with Crippen LogP contribution in [0.5, 0.6) is 0 Å². The van der Waals surface area contributed by atoms with Crippen LogP contribution in [0.25, 0.3) is 0 Å². The summed E-state index contributed by atoms with van der Waals surface area (Å²) in [6, 6.07) is -0.271. The summed E-state index contributed by atoms with van der Waals surface area (Å²) in [6.45, 7) is 5.14. The van der Waals surface area contributed by atoms with Crippen LogP contribution in [0.2, 0.25) is 0 Å². The number of aliphatic hydroxyl groups excluding tert-OH is 1. The lowest BCUT2D eigenvalue weighted by molar-refractivity contribution is -0.125. The maximum Gasteiger partial charge on any atom is 0.149 e. The van der Waals surface area contributed by atoms with Gasteiger partial charge in [0.25, 0.3) is 0 Å². The number of likely N-dealkylation sites (tertiary alicyclic amines) is 1. The number of nitrogens with zero attached hydrogens (tertiary/aromatic N) is 1. The SMILES string of the molecule is CC(=O)C(C(C)O)N1CCCC1. The van der Waals surface area contributed by atoms with Gasteiger partial charge in [0.1, 0.15) is 5.78 Å². The highest BCUT2D eigenvalue weighted by Crippen LogP contribution is 2.14. The lowest BCUT2D eigenvalue weighted by Gasteiger charge is -2.27. The molecule has 1 saturated heterocycles. The maximum absolute atomic E-state index is 11.2. The number of hydrogen-bond donors (Lipinski definition) is 1. The van der Waals surface area contributed by atoms with Gasteiger partial charge in [0.15, 0.2) is 0 Å². The maximum atomic E-state index is 11.2. The van der Waals surface area contributed by atoms with Gasteiger partial charge in [0, 0.05) is 0 Å². The fourth-order valence-electron chi connectivity index (χ4n) is 1.92. The second kappa shape index (κ2) is 4.01. The first-order valence-electron chi connectivity index (χ1n) is 4.55. The van der Waals surface area contributed by atoms with E-state index in [1.54, 1.807) is 13.8 Å². The summed E-state index contributed by atoms with van der Waals surface area (Å²) >= 11 is 0. The molecular formula is C9H17NO2. The van der Waals surface area contributed by atoms with E-state index in [4.69, 9.17) is 0 Å². The van der Waals surface area contributed by atoms with Crippen molar-refractivity contribution in [3.8, 4) is 0 Å². The van der Waals surface area contributed by atoms with Crippen molar-refractivity contribution in [3.05, 3.63) is 0 Å². The van der Waals surface area contributed by atoms with E-state index >= 15 is 0 Å². The second-order valence-corrected chi connectivity index (χ2v) is 3.54. The third-order valence-electron chi connectivity index (χ3n) is 2.41. The average molecular weight is 171 g/mol. The Kier molecular flexibility index (Phi) is 3.23. The number of hydrogen-bond acceptors (Lipinski definition) is 3. The molecule has 1 aliphatic rings. The summed E-state index contributed by atoms with van der Waals surface area (Å²) < 4.78 is 0. The van der Waals surface area contributed by atoms with E-state index in [1.807, 2.05) is 0 Å². The van der Waals surface area contributed by atoms with Crippen LogP contribution < -0.4 is 0 Å². The molecule has 0 radical (unpaired) electrons. The zero-order valence-electron chi connectivity index (χ0n) is 7.79. The number of rotatable bonds is 3. The van der Waals surface area contributed by atoms with E-state index in [1.165, 1.54) is 0 Å². The van der Waals surface area contributed by atoms with Gasteiger partial charge in [0.05, 0.1) is 12.1 Å². The van der Waals surface area contributed by atoms with Gasteiger partial charge in [-0.25, -0.2) is 0 Å². The highest BCUT2D eigenvalue weighted by Gasteiger charge is 2.28. The second-order valence-electron chi connectivity index (χ2n) is 3.54. The monoisotopic (exact) mass is 171 g/mol. The Bertz CT molecular complexity index is 162. The van der Waals surface area contributed by atoms with Crippen molar-refractivity contribution < 1.29 is 9.90 Å². The summed E-state index contributed by atoms with van der Waals surface area (Å²) in [7, 11) is 0. The lowest BCUT2D eigenvalue weighted by atomic mass is 10.1. The number of carbonyl (C=O) groups is 1. The quantitative estimate of drug-likeness (QED) is 0.669. The molecule has 1 fully saturated rings. The summed E-state index contributed by atoms with van der Waals surface area (Å²) in [4.78, 5) is 13.2. The van der Waals surface area contributed by atoms with Crippen LogP contribution in [0.4, 0.5) is 0 Å². The molecule has 1 N–H and O–H groups in total. The Labute approximate surface area is 73.4 Å². The Hall–Kier alpha value is -0.410. The van der Waals surface area contributed by atoms with Gasteiger partial charge in [-0.3, -0.25) is 9.69 Å². The molecule has 0 aromatic carbocycles. The topological polar surface area (TPSA) is 40.5 Å². The fourth-order valence-corrected chi connectivity index (χ4v) is 1.92. The summed E-state index contributed by atoms with van der Waals surface area (Å²) in [5.74, 6) is 0.0758. The molecule has 0 amide bonds. The first kappa shape index (κ1) is 9.68. The molecule has 0 aromatic heterocycles. The van der Waals surface area contributed by atoms with Gasteiger partial charge in [-0.05, 0) is 39.8 Å². The summed E-state index contributed by atoms with van der Waals surface area (Å²) in [6.07, 6.45) is 1.76. The molecule has 70 valence electrons. The van der Waals surface area contributed by atoms with Gasteiger partial charge in [0.2, 0.25) is 0 Å². The highest BCUT2D eigenvalue weighted by molar-refractivity contribution is 5.82. The van der Waals surface area contributed by atoms with Crippen LogP contribution in [0.1, 0.15) is 26.7 Å². The predicted molar refractivity (Wildman–Crippen MR) is 47.0 cm³/mol. The Morgan fingerprint density at radius 2 is 1.92 bits per heavy atom. The Morgan fingerprint density at radius 1 is 1.42 bits per heavy atom. The van der Waals surface area contributed by atoms with E-state index < -0.39 is 6.10 Å². The first-order chi connectivity index (χ1) is 5.63. The van der Waals surface area contributed by atoms with E-state index in [0.29, 0.717) is 0 Å². The lowest BCUT2D eigenvalue weighted by Crippen LogP contribution is -2.45. The number of carbonyl (C=O) groups excluding carboxylic acids is 1. The van der Waals surface area contributed by atoms with Crippen LogP contribution >= 0.6 is 0 Å². The van der Waals surface area contributed by atoms with Gasteiger partial charge in [-0.2, -0.15) is 0 Å². The van der Waals surface area contributed by atoms with Crippen LogP contribution in [0, 0.1) is 0 Å². The molecule has 0 spiro atoms. The number of aliphatic hydroxyl groups is 1. The smallest absolute Gasteiger partial charge is 0.149 e. The Balaban J connectivity index is 2.58. The zero-order valence-corrected chi connectivity index (χ0v) is 7.79. The van der Waals surface area contributed by atoms with Crippen LogP contribution in [0.15, 0.2) is 0 Å². The van der Waals surface area contributed by atoms with Crippen molar-refractivity contribution in [2.75, 3.05) is 13.1 Å². The Morgan fingerprint density at radius 3 is 2.25 bits per heavy atom. The molecule has 3 heteroatoms. The number of Topliss-reactive ketones (excluding diaryl/α,β-unsaturated/α-hetero) is 1. The zero-order chi connectivity index (χ0) is 9.14. The molecule has 0 saturated carbocycles. The molecule has 3 nitrogen and oxygen atoms in total. The van der Waals surface area contributed by atoms with Crippen LogP contribution in [0.3, 0.4) is 0 Å². The van der Waals surface area contributed by atoms with Crippen molar-refractivity contribution >= 4 is 5.78 Å². The van der Waals surface area contributed by atoms with Gasteiger partial charge < -0.3 is 5.11 Å². The van der Waals surface area contributed by atoms with Crippen molar-refractivity contribution in [2.45, 2.75) is 38.8 Å². The fraction of sp³-hybridized carbons (Fsp3) is 0.889. The van der Waals surface area contributed by atoms with Crippen LogP contribution in [-0.2, 0) is 4.79 Å². The van der Waals surface area contributed by atoms with Crippen molar-refractivity contribution in [2.24, 2.45) is 0 Å². The minimum atomic E-state index is -0.541. The number of ketones is 1. The van der Waals surface area contributed by atoms with Crippen LogP contribution in [-0.4, -0.2) is 41.0 Å². The van der Waals surface area contributed by atoms with Crippen molar-refractivity contribution in [1.82, 2.24) is 4.90 Å². The molecular weight excluding hydrogens is 154 g/mol. The van der Waals surface area contributed by atoms with E-state index in [2.05, 4.69) is 4.90 Å². The molecule has 12 heavy (non-hydrogen) atoms. The van der Waals surface area contributed by atoms with Gasteiger partial charge >= 0.3 is 0 Å². The molecule has 1 heterocycles. The minimum Gasteiger partial charge on any atom is -0.391 e.